The van der Waals surface area contributed by atoms with Gasteiger partial charge in [-0.15, -0.1) is 11.3 Å². The molecule has 1 fully saturated rings. The first-order valence-electron chi connectivity index (χ1n) is 6.27. The molecule has 1 aliphatic rings. The SMILES string of the molecule is Cc1nccc(N2CCC[C@@H](c3nccs3)C2)n1. The van der Waals surface area contributed by atoms with Crippen molar-refractivity contribution < 1.29 is 0 Å². The molecule has 0 saturated carbocycles. The molecule has 1 aliphatic heterocycles. The Morgan fingerprint density at radius 2 is 2.28 bits per heavy atom. The first kappa shape index (κ1) is 11.6. The van der Waals surface area contributed by atoms with Crippen molar-refractivity contribution in [2.24, 2.45) is 0 Å². The molecule has 18 heavy (non-hydrogen) atoms. The van der Waals surface area contributed by atoms with E-state index in [0.717, 1.165) is 24.7 Å². The Kier molecular flexibility index (Phi) is 3.23. The molecule has 1 saturated heterocycles. The molecule has 3 rings (SSSR count). The van der Waals surface area contributed by atoms with Crippen LogP contribution < -0.4 is 4.90 Å². The Hall–Kier alpha value is -1.49. The largest absolute Gasteiger partial charge is 0.356 e. The predicted octanol–water partition coefficient (Wildman–Crippen LogP) is 2.63. The Bertz CT molecular complexity index is 511. The van der Waals surface area contributed by atoms with Gasteiger partial charge < -0.3 is 4.90 Å². The van der Waals surface area contributed by atoms with E-state index in [1.165, 1.54) is 17.8 Å². The van der Waals surface area contributed by atoms with E-state index in [4.69, 9.17) is 0 Å². The fourth-order valence-corrected chi connectivity index (χ4v) is 3.21. The lowest BCUT2D eigenvalue weighted by Gasteiger charge is -2.32. The second-order valence-electron chi connectivity index (χ2n) is 4.62. The van der Waals surface area contributed by atoms with E-state index in [2.05, 4.69) is 25.2 Å². The van der Waals surface area contributed by atoms with Crippen LogP contribution in [0, 0.1) is 6.92 Å². The van der Waals surface area contributed by atoms with E-state index in [1.807, 2.05) is 25.4 Å². The van der Waals surface area contributed by atoms with Crippen LogP contribution in [0.1, 0.15) is 29.6 Å². The summed E-state index contributed by atoms with van der Waals surface area (Å²) in [7, 11) is 0. The molecule has 4 nitrogen and oxygen atoms in total. The van der Waals surface area contributed by atoms with Crippen LogP contribution in [-0.2, 0) is 0 Å². The van der Waals surface area contributed by atoms with Gasteiger partial charge in [0.1, 0.15) is 11.6 Å². The number of anilines is 1. The molecule has 0 aromatic carbocycles. The maximum atomic E-state index is 4.51. The normalized spacial score (nSPS) is 20.1. The Balaban J connectivity index is 1.78. The van der Waals surface area contributed by atoms with Crippen molar-refractivity contribution >= 4 is 17.2 Å². The van der Waals surface area contributed by atoms with Crippen LogP contribution >= 0.6 is 11.3 Å². The minimum Gasteiger partial charge on any atom is -0.356 e. The van der Waals surface area contributed by atoms with Crippen molar-refractivity contribution in [3.8, 4) is 0 Å². The second kappa shape index (κ2) is 5.02. The molecule has 2 aromatic rings. The maximum absolute atomic E-state index is 4.51. The summed E-state index contributed by atoms with van der Waals surface area (Å²) in [5, 5.41) is 3.31. The molecule has 0 aliphatic carbocycles. The second-order valence-corrected chi connectivity index (χ2v) is 5.54. The highest BCUT2D eigenvalue weighted by Crippen LogP contribution is 2.30. The van der Waals surface area contributed by atoms with Crippen LogP contribution in [0.2, 0.25) is 0 Å². The first-order chi connectivity index (χ1) is 8.83. The van der Waals surface area contributed by atoms with Gasteiger partial charge in [0.25, 0.3) is 0 Å². The molecular weight excluding hydrogens is 244 g/mol. The number of hydrogen-bond donors (Lipinski definition) is 0. The van der Waals surface area contributed by atoms with E-state index in [1.54, 1.807) is 11.3 Å². The molecule has 2 aromatic heterocycles. The van der Waals surface area contributed by atoms with Gasteiger partial charge in [-0.05, 0) is 25.8 Å². The highest BCUT2D eigenvalue weighted by atomic mass is 32.1. The highest BCUT2D eigenvalue weighted by molar-refractivity contribution is 7.09. The van der Waals surface area contributed by atoms with Crippen LogP contribution in [0.4, 0.5) is 5.82 Å². The summed E-state index contributed by atoms with van der Waals surface area (Å²) in [5.41, 5.74) is 0. The maximum Gasteiger partial charge on any atom is 0.132 e. The summed E-state index contributed by atoms with van der Waals surface area (Å²) in [6.07, 6.45) is 6.17. The summed E-state index contributed by atoms with van der Waals surface area (Å²) >= 11 is 1.76. The van der Waals surface area contributed by atoms with Crippen molar-refractivity contribution in [2.45, 2.75) is 25.7 Å². The van der Waals surface area contributed by atoms with E-state index >= 15 is 0 Å². The number of aromatic nitrogens is 3. The topological polar surface area (TPSA) is 41.9 Å². The molecule has 5 heteroatoms. The lowest BCUT2D eigenvalue weighted by atomic mass is 9.99. The number of hydrogen-bond acceptors (Lipinski definition) is 5. The summed E-state index contributed by atoms with van der Waals surface area (Å²) in [5.74, 6) is 2.43. The number of aryl methyl sites for hydroxylation is 1. The Morgan fingerprint density at radius 1 is 1.33 bits per heavy atom. The van der Waals surface area contributed by atoms with Gasteiger partial charge in [0.05, 0.1) is 5.01 Å². The minimum absolute atomic E-state index is 0.550. The molecule has 0 bridgehead atoms. The average Bonchev–Trinajstić information content (AvgIpc) is 2.93. The molecule has 1 atom stereocenters. The lowest BCUT2D eigenvalue weighted by molar-refractivity contribution is 0.505. The molecule has 0 spiro atoms. The van der Waals surface area contributed by atoms with Gasteiger partial charge in [-0.25, -0.2) is 15.0 Å². The van der Waals surface area contributed by atoms with Crippen LogP contribution in [0.3, 0.4) is 0 Å². The van der Waals surface area contributed by atoms with E-state index < -0.39 is 0 Å². The molecule has 0 unspecified atom stereocenters. The van der Waals surface area contributed by atoms with Crippen LogP contribution in [0.25, 0.3) is 0 Å². The van der Waals surface area contributed by atoms with E-state index in [-0.39, 0.29) is 0 Å². The number of piperidine rings is 1. The van der Waals surface area contributed by atoms with Crippen LogP contribution in [-0.4, -0.2) is 28.0 Å². The molecule has 0 N–H and O–H groups in total. The first-order valence-corrected chi connectivity index (χ1v) is 7.15. The fourth-order valence-electron chi connectivity index (χ4n) is 2.44. The van der Waals surface area contributed by atoms with Crippen molar-refractivity contribution in [2.75, 3.05) is 18.0 Å². The molecule has 94 valence electrons. The van der Waals surface area contributed by atoms with Crippen molar-refractivity contribution in [1.29, 1.82) is 0 Å². The van der Waals surface area contributed by atoms with Gasteiger partial charge in [0.15, 0.2) is 0 Å². The molecule has 0 amide bonds. The third-order valence-corrected chi connectivity index (χ3v) is 4.25. The predicted molar refractivity (Wildman–Crippen MR) is 73.1 cm³/mol. The third kappa shape index (κ3) is 2.36. The highest BCUT2D eigenvalue weighted by Gasteiger charge is 2.23. The zero-order chi connectivity index (χ0) is 12.4. The summed E-state index contributed by atoms with van der Waals surface area (Å²) < 4.78 is 0. The summed E-state index contributed by atoms with van der Waals surface area (Å²) in [6.45, 7) is 4.04. The third-order valence-electron chi connectivity index (χ3n) is 3.31. The van der Waals surface area contributed by atoms with Crippen LogP contribution in [0.5, 0.6) is 0 Å². The van der Waals surface area contributed by atoms with Gasteiger partial charge in [-0.1, -0.05) is 0 Å². The Morgan fingerprint density at radius 3 is 3.06 bits per heavy atom. The molecular formula is C13H16N4S. The van der Waals surface area contributed by atoms with Gasteiger partial charge >= 0.3 is 0 Å². The zero-order valence-electron chi connectivity index (χ0n) is 10.4. The fraction of sp³-hybridized carbons (Fsp3) is 0.462. The summed E-state index contributed by atoms with van der Waals surface area (Å²) in [6, 6.07) is 2.00. The molecule has 3 heterocycles. The number of thiazole rings is 1. The van der Waals surface area contributed by atoms with Crippen molar-refractivity contribution in [3.63, 3.8) is 0 Å². The molecule has 0 radical (unpaired) electrons. The van der Waals surface area contributed by atoms with Gasteiger partial charge in [0, 0.05) is 36.8 Å². The van der Waals surface area contributed by atoms with Crippen LogP contribution in [0.15, 0.2) is 23.8 Å². The van der Waals surface area contributed by atoms with E-state index in [0.29, 0.717) is 5.92 Å². The Labute approximate surface area is 111 Å². The summed E-state index contributed by atoms with van der Waals surface area (Å²) in [4.78, 5) is 15.5. The van der Waals surface area contributed by atoms with Gasteiger partial charge in [0.2, 0.25) is 0 Å². The quantitative estimate of drug-likeness (QED) is 0.832. The number of rotatable bonds is 2. The zero-order valence-corrected chi connectivity index (χ0v) is 11.2. The minimum atomic E-state index is 0.550. The van der Waals surface area contributed by atoms with E-state index in [9.17, 15) is 0 Å². The van der Waals surface area contributed by atoms with Gasteiger partial charge in [-0.3, -0.25) is 0 Å². The van der Waals surface area contributed by atoms with Crippen molar-refractivity contribution in [1.82, 2.24) is 15.0 Å². The number of nitrogens with zero attached hydrogens (tertiary/aromatic N) is 4. The monoisotopic (exact) mass is 260 g/mol. The van der Waals surface area contributed by atoms with Crippen molar-refractivity contribution in [3.05, 3.63) is 34.7 Å². The van der Waals surface area contributed by atoms with Gasteiger partial charge in [-0.2, -0.15) is 0 Å². The smallest absolute Gasteiger partial charge is 0.132 e. The standard InChI is InChI=1S/C13H16N4S/c1-10-14-5-4-12(16-10)17-7-2-3-11(9-17)13-15-6-8-18-13/h4-6,8,11H,2-3,7,9H2,1H3/t11-/m1/s1. The average molecular weight is 260 g/mol. The lowest BCUT2D eigenvalue weighted by Crippen LogP contribution is -2.35.